The summed E-state index contributed by atoms with van der Waals surface area (Å²) in [4.78, 5) is 14.6. The molecule has 0 saturated carbocycles. The zero-order chi connectivity index (χ0) is 16.0. The molecule has 0 atom stereocenters. The standard InChI is InChI=1S/C17H22N4O2/c1-11-13(12(2)23-19-11)6-7-17(22)20-8-9-21-16(10-20)14-4-3-5-15(14)18-21/h3-10H2,1-2H3. The molecule has 6 heteroatoms. The van der Waals surface area contributed by atoms with Crippen LogP contribution in [0.2, 0.25) is 0 Å². The van der Waals surface area contributed by atoms with Crippen LogP contribution in [0.3, 0.4) is 0 Å². The monoisotopic (exact) mass is 314 g/mol. The fourth-order valence-electron chi connectivity index (χ4n) is 3.81. The van der Waals surface area contributed by atoms with Crippen LogP contribution in [-0.4, -0.2) is 32.3 Å². The summed E-state index contributed by atoms with van der Waals surface area (Å²) in [5.74, 6) is 1.04. The van der Waals surface area contributed by atoms with Gasteiger partial charge in [-0.2, -0.15) is 5.10 Å². The highest BCUT2D eigenvalue weighted by Gasteiger charge is 2.28. The van der Waals surface area contributed by atoms with E-state index in [0.29, 0.717) is 19.4 Å². The van der Waals surface area contributed by atoms with E-state index in [1.165, 1.54) is 23.4 Å². The van der Waals surface area contributed by atoms with Gasteiger partial charge >= 0.3 is 0 Å². The van der Waals surface area contributed by atoms with Crippen molar-refractivity contribution in [1.82, 2.24) is 19.8 Å². The Morgan fingerprint density at radius 1 is 1.26 bits per heavy atom. The fourth-order valence-corrected chi connectivity index (χ4v) is 3.81. The van der Waals surface area contributed by atoms with Gasteiger partial charge in [0, 0.05) is 18.5 Å². The molecular formula is C17H22N4O2. The van der Waals surface area contributed by atoms with Gasteiger partial charge < -0.3 is 9.42 Å². The number of aromatic nitrogens is 3. The summed E-state index contributed by atoms with van der Waals surface area (Å²) < 4.78 is 7.29. The van der Waals surface area contributed by atoms with Crippen LogP contribution in [0.1, 0.15) is 46.8 Å². The van der Waals surface area contributed by atoms with Gasteiger partial charge in [-0.3, -0.25) is 9.48 Å². The van der Waals surface area contributed by atoms with Crippen LogP contribution in [0.4, 0.5) is 0 Å². The average molecular weight is 314 g/mol. The molecule has 4 rings (SSSR count). The molecule has 3 heterocycles. The molecule has 0 fully saturated rings. The van der Waals surface area contributed by atoms with Gasteiger partial charge in [-0.05, 0) is 45.1 Å². The second kappa shape index (κ2) is 5.51. The number of fused-ring (bicyclic) bond motifs is 3. The first-order valence-electron chi connectivity index (χ1n) is 8.40. The second-order valence-corrected chi connectivity index (χ2v) is 6.57. The third kappa shape index (κ3) is 2.46. The lowest BCUT2D eigenvalue weighted by Gasteiger charge is -2.28. The van der Waals surface area contributed by atoms with E-state index in [1.54, 1.807) is 0 Å². The van der Waals surface area contributed by atoms with Crippen LogP contribution < -0.4 is 0 Å². The Bertz CT molecular complexity index is 739. The van der Waals surface area contributed by atoms with Crippen molar-refractivity contribution in [3.05, 3.63) is 34.0 Å². The maximum atomic E-state index is 12.6. The Labute approximate surface area is 135 Å². The molecule has 1 amide bonds. The van der Waals surface area contributed by atoms with Gasteiger partial charge in [0.2, 0.25) is 5.91 Å². The van der Waals surface area contributed by atoms with Crippen LogP contribution >= 0.6 is 0 Å². The minimum absolute atomic E-state index is 0.212. The SMILES string of the molecule is Cc1noc(C)c1CCC(=O)N1CCn2nc3c(c2C1)CCC3. The van der Waals surface area contributed by atoms with Crippen molar-refractivity contribution >= 4 is 5.91 Å². The number of hydrogen-bond acceptors (Lipinski definition) is 4. The van der Waals surface area contributed by atoms with E-state index in [-0.39, 0.29) is 5.91 Å². The smallest absolute Gasteiger partial charge is 0.223 e. The van der Waals surface area contributed by atoms with Crippen LogP contribution in [0, 0.1) is 13.8 Å². The summed E-state index contributed by atoms with van der Waals surface area (Å²) in [6.45, 7) is 6.12. The topological polar surface area (TPSA) is 64.2 Å². The molecule has 23 heavy (non-hydrogen) atoms. The van der Waals surface area contributed by atoms with E-state index in [1.807, 2.05) is 18.7 Å². The quantitative estimate of drug-likeness (QED) is 0.868. The summed E-state index contributed by atoms with van der Waals surface area (Å²) in [5.41, 5.74) is 5.87. The Hall–Kier alpha value is -2.11. The molecule has 2 aromatic heterocycles. The number of carbonyl (C=O) groups is 1. The van der Waals surface area contributed by atoms with E-state index < -0.39 is 0 Å². The van der Waals surface area contributed by atoms with Crippen molar-refractivity contribution in [2.75, 3.05) is 6.54 Å². The predicted molar refractivity (Wildman–Crippen MR) is 84.0 cm³/mol. The van der Waals surface area contributed by atoms with Crippen LogP contribution in [0.25, 0.3) is 0 Å². The number of nitrogens with zero attached hydrogens (tertiary/aromatic N) is 4. The van der Waals surface area contributed by atoms with Gasteiger partial charge in [-0.25, -0.2) is 0 Å². The zero-order valence-corrected chi connectivity index (χ0v) is 13.8. The van der Waals surface area contributed by atoms with Gasteiger partial charge in [0.15, 0.2) is 0 Å². The lowest BCUT2D eigenvalue weighted by molar-refractivity contribution is -0.132. The molecule has 6 nitrogen and oxygen atoms in total. The molecule has 0 unspecified atom stereocenters. The number of carbonyl (C=O) groups excluding carboxylic acids is 1. The summed E-state index contributed by atoms with van der Waals surface area (Å²) in [6.07, 6.45) is 4.62. The Kier molecular flexibility index (Phi) is 3.47. The first kappa shape index (κ1) is 14.5. The molecular weight excluding hydrogens is 292 g/mol. The van der Waals surface area contributed by atoms with Crippen LogP contribution in [0.5, 0.6) is 0 Å². The molecule has 2 aromatic rings. The number of rotatable bonds is 3. The normalized spacial score (nSPS) is 16.5. The molecule has 0 saturated heterocycles. The molecule has 0 spiro atoms. The van der Waals surface area contributed by atoms with Gasteiger partial charge in [-0.1, -0.05) is 5.16 Å². The molecule has 0 bridgehead atoms. The molecule has 1 aliphatic heterocycles. The molecule has 2 aliphatic rings. The van der Waals surface area contributed by atoms with Crippen molar-refractivity contribution < 1.29 is 9.32 Å². The third-order valence-electron chi connectivity index (χ3n) is 5.14. The first-order chi connectivity index (χ1) is 11.1. The minimum atomic E-state index is 0.212. The predicted octanol–water partition coefficient (Wildman–Crippen LogP) is 1.95. The maximum absolute atomic E-state index is 12.6. The highest BCUT2D eigenvalue weighted by atomic mass is 16.5. The molecule has 0 aromatic carbocycles. The Balaban J connectivity index is 1.44. The van der Waals surface area contributed by atoms with Crippen molar-refractivity contribution in [1.29, 1.82) is 0 Å². The molecule has 0 radical (unpaired) electrons. The van der Waals surface area contributed by atoms with E-state index >= 15 is 0 Å². The van der Waals surface area contributed by atoms with Crippen molar-refractivity contribution in [3.63, 3.8) is 0 Å². The molecule has 1 aliphatic carbocycles. The minimum Gasteiger partial charge on any atom is -0.361 e. The van der Waals surface area contributed by atoms with E-state index in [4.69, 9.17) is 9.62 Å². The Morgan fingerprint density at radius 2 is 2.13 bits per heavy atom. The van der Waals surface area contributed by atoms with Crippen molar-refractivity contribution in [3.8, 4) is 0 Å². The van der Waals surface area contributed by atoms with Gasteiger partial charge in [0.25, 0.3) is 0 Å². The van der Waals surface area contributed by atoms with E-state index in [2.05, 4.69) is 9.84 Å². The lowest BCUT2D eigenvalue weighted by atomic mass is 10.1. The van der Waals surface area contributed by atoms with Crippen molar-refractivity contribution in [2.45, 2.75) is 59.0 Å². The average Bonchev–Trinajstić information content (AvgIpc) is 3.20. The first-order valence-corrected chi connectivity index (χ1v) is 8.40. The number of hydrogen-bond donors (Lipinski definition) is 0. The van der Waals surface area contributed by atoms with Crippen LogP contribution in [0.15, 0.2) is 4.52 Å². The van der Waals surface area contributed by atoms with E-state index in [9.17, 15) is 4.79 Å². The zero-order valence-electron chi connectivity index (χ0n) is 13.8. The summed E-state index contributed by atoms with van der Waals surface area (Å²) in [5, 5.41) is 8.65. The highest BCUT2D eigenvalue weighted by molar-refractivity contribution is 5.76. The second-order valence-electron chi connectivity index (χ2n) is 6.57. The molecule has 122 valence electrons. The van der Waals surface area contributed by atoms with Gasteiger partial charge in [0.05, 0.1) is 30.2 Å². The fraction of sp³-hybridized carbons (Fsp3) is 0.588. The maximum Gasteiger partial charge on any atom is 0.223 e. The summed E-state index contributed by atoms with van der Waals surface area (Å²) in [6, 6.07) is 0. The summed E-state index contributed by atoms with van der Waals surface area (Å²) in [7, 11) is 0. The number of aryl methyl sites for hydroxylation is 3. The lowest BCUT2D eigenvalue weighted by Crippen LogP contribution is -2.38. The van der Waals surface area contributed by atoms with Gasteiger partial charge in [0.1, 0.15) is 5.76 Å². The third-order valence-corrected chi connectivity index (χ3v) is 5.14. The van der Waals surface area contributed by atoms with Gasteiger partial charge in [-0.15, -0.1) is 0 Å². The largest absolute Gasteiger partial charge is 0.361 e. The highest BCUT2D eigenvalue weighted by Crippen LogP contribution is 2.28. The Morgan fingerprint density at radius 3 is 2.91 bits per heavy atom. The summed E-state index contributed by atoms with van der Waals surface area (Å²) >= 11 is 0. The number of amides is 1. The van der Waals surface area contributed by atoms with E-state index in [0.717, 1.165) is 42.9 Å². The van der Waals surface area contributed by atoms with Crippen molar-refractivity contribution in [2.24, 2.45) is 0 Å². The molecule has 0 N–H and O–H groups in total. The van der Waals surface area contributed by atoms with Crippen LogP contribution in [-0.2, 0) is 37.1 Å².